The predicted octanol–water partition coefficient (Wildman–Crippen LogP) is 4.34. The van der Waals surface area contributed by atoms with Gasteiger partial charge in [-0.15, -0.1) is 0 Å². The number of fused-ring (bicyclic) bond motifs is 1. The van der Waals surface area contributed by atoms with Gasteiger partial charge < -0.3 is 10.0 Å². The molecule has 1 aromatic carbocycles. The number of halogens is 1. The first kappa shape index (κ1) is 16.3. The molecule has 1 saturated carbocycles. The Morgan fingerprint density at radius 3 is 2.65 bits per heavy atom. The van der Waals surface area contributed by atoms with Crippen molar-refractivity contribution in [3.05, 3.63) is 29.1 Å². The minimum absolute atomic E-state index is 0.0679. The zero-order chi connectivity index (χ0) is 16.6. The van der Waals surface area contributed by atoms with Crippen LogP contribution in [0.3, 0.4) is 0 Å². The maximum Gasteiger partial charge on any atom is 0.257 e. The Bertz CT molecular complexity index is 593. The molecule has 1 atom stereocenters. The van der Waals surface area contributed by atoms with Gasteiger partial charge in [-0.2, -0.15) is 0 Å². The van der Waals surface area contributed by atoms with E-state index in [9.17, 15) is 14.3 Å². The number of carbonyl (C=O) groups is 1. The summed E-state index contributed by atoms with van der Waals surface area (Å²) in [5, 5.41) is 9.47. The molecule has 0 bridgehead atoms. The van der Waals surface area contributed by atoms with Crippen LogP contribution < -0.4 is 0 Å². The molecular formula is C19H26FNO2. The van der Waals surface area contributed by atoms with Crippen LogP contribution in [0.4, 0.5) is 4.39 Å². The predicted molar refractivity (Wildman–Crippen MR) is 87.7 cm³/mol. The Kier molecular flexibility index (Phi) is 4.60. The molecule has 1 aliphatic heterocycles. The first-order chi connectivity index (χ1) is 11.0. The first-order valence-corrected chi connectivity index (χ1v) is 8.80. The van der Waals surface area contributed by atoms with E-state index in [0.717, 1.165) is 24.7 Å². The van der Waals surface area contributed by atoms with Gasteiger partial charge in [-0.3, -0.25) is 4.79 Å². The SMILES string of the molecule is CCC(C)[C@H]1CC[C@H](CN2Cc3ccc(O)c(F)c3C2=O)CC1. The van der Waals surface area contributed by atoms with Gasteiger partial charge in [0.15, 0.2) is 11.6 Å². The van der Waals surface area contributed by atoms with E-state index in [2.05, 4.69) is 13.8 Å². The molecule has 126 valence electrons. The Balaban J connectivity index is 1.61. The molecule has 1 unspecified atom stereocenters. The Hall–Kier alpha value is -1.58. The lowest BCUT2D eigenvalue weighted by atomic mass is 9.75. The Morgan fingerprint density at radius 1 is 1.30 bits per heavy atom. The van der Waals surface area contributed by atoms with Gasteiger partial charge in [0.1, 0.15) is 0 Å². The number of hydrogen-bond donors (Lipinski definition) is 1. The van der Waals surface area contributed by atoms with Crippen LogP contribution in [-0.4, -0.2) is 22.5 Å². The quantitative estimate of drug-likeness (QED) is 0.897. The molecule has 23 heavy (non-hydrogen) atoms. The summed E-state index contributed by atoms with van der Waals surface area (Å²) in [5.41, 5.74) is 0.761. The van der Waals surface area contributed by atoms with Gasteiger partial charge in [-0.25, -0.2) is 4.39 Å². The third-order valence-corrected chi connectivity index (χ3v) is 5.89. The lowest BCUT2D eigenvalue weighted by molar-refractivity contribution is 0.0718. The highest BCUT2D eigenvalue weighted by molar-refractivity contribution is 5.99. The summed E-state index contributed by atoms with van der Waals surface area (Å²) in [7, 11) is 0. The standard InChI is InChI=1S/C19H26FNO2/c1-3-12(2)14-6-4-13(5-7-14)10-21-11-15-8-9-16(22)18(20)17(15)19(21)23/h8-9,12-14,22H,3-7,10-11H2,1-2H3/t12?,13-,14-. The van der Waals surface area contributed by atoms with Crippen LogP contribution >= 0.6 is 0 Å². The fourth-order valence-corrected chi connectivity index (χ4v) is 4.14. The van der Waals surface area contributed by atoms with Crippen molar-refractivity contribution >= 4 is 5.91 Å². The summed E-state index contributed by atoms with van der Waals surface area (Å²) in [4.78, 5) is 14.2. The number of amides is 1. The Morgan fingerprint density at radius 2 is 2.00 bits per heavy atom. The highest BCUT2D eigenvalue weighted by Gasteiger charge is 2.34. The van der Waals surface area contributed by atoms with Gasteiger partial charge in [0.25, 0.3) is 5.91 Å². The van der Waals surface area contributed by atoms with Crippen molar-refractivity contribution in [2.75, 3.05) is 6.54 Å². The van der Waals surface area contributed by atoms with E-state index in [0.29, 0.717) is 24.6 Å². The topological polar surface area (TPSA) is 40.5 Å². The van der Waals surface area contributed by atoms with Crippen LogP contribution in [0.5, 0.6) is 5.75 Å². The lowest BCUT2D eigenvalue weighted by Gasteiger charge is -2.33. The molecule has 3 nitrogen and oxygen atoms in total. The van der Waals surface area contributed by atoms with Gasteiger partial charge >= 0.3 is 0 Å². The highest BCUT2D eigenvalue weighted by Crippen LogP contribution is 2.37. The number of carbonyl (C=O) groups excluding carboxylic acids is 1. The van der Waals surface area contributed by atoms with E-state index in [1.165, 1.54) is 25.3 Å². The van der Waals surface area contributed by atoms with Crippen molar-refractivity contribution in [1.82, 2.24) is 4.90 Å². The zero-order valence-electron chi connectivity index (χ0n) is 14.0. The summed E-state index contributed by atoms with van der Waals surface area (Å²) >= 11 is 0. The molecule has 0 saturated heterocycles. The van der Waals surface area contributed by atoms with Crippen LogP contribution in [0.2, 0.25) is 0 Å². The third-order valence-electron chi connectivity index (χ3n) is 5.89. The summed E-state index contributed by atoms with van der Waals surface area (Å²) in [6.07, 6.45) is 6.03. The number of hydrogen-bond acceptors (Lipinski definition) is 2. The molecule has 1 aromatic rings. The fraction of sp³-hybridized carbons (Fsp3) is 0.632. The van der Waals surface area contributed by atoms with Crippen molar-refractivity contribution in [1.29, 1.82) is 0 Å². The second kappa shape index (κ2) is 6.50. The molecule has 2 aliphatic rings. The maximum absolute atomic E-state index is 14.0. The van der Waals surface area contributed by atoms with Crippen molar-refractivity contribution in [3.63, 3.8) is 0 Å². The van der Waals surface area contributed by atoms with Crippen LogP contribution in [0.15, 0.2) is 12.1 Å². The van der Waals surface area contributed by atoms with E-state index < -0.39 is 11.6 Å². The van der Waals surface area contributed by atoms with E-state index in [1.54, 1.807) is 11.0 Å². The summed E-state index contributed by atoms with van der Waals surface area (Å²) in [6.45, 7) is 5.76. The average Bonchev–Trinajstić information content (AvgIpc) is 2.88. The molecule has 1 aliphatic carbocycles. The van der Waals surface area contributed by atoms with Gasteiger partial charge in [0, 0.05) is 13.1 Å². The van der Waals surface area contributed by atoms with Crippen LogP contribution in [-0.2, 0) is 6.54 Å². The van der Waals surface area contributed by atoms with Crippen LogP contribution in [0.25, 0.3) is 0 Å². The minimum atomic E-state index is -0.768. The van der Waals surface area contributed by atoms with Gasteiger partial charge in [0.2, 0.25) is 0 Å². The molecular weight excluding hydrogens is 293 g/mol. The average molecular weight is 319 g/mol. The molecule has 4 heteroatoms. The first-order valence-electron chi connectivity index (χ1n) is 8.80. The molecule has 1 heterocycles. The highest BCUT2D eigenvalue weighted by atomic mass is 19.1. The lowest BCUT2D eigenvalue weighted by Crippen LogP contribution is -2.32. The zero-order valence-corrected chi connectivity index (χ0v) is 14.0. The van der Waals surface area contributed by atoms with E-state index in [1.807, 2.05) is 0 Å². The van der Waals surface area contributed by atoms with Crippen LogP contribution in [0, 0.1) is 23.6 Å². The summed E-state index contributed by atoms with van der Waals surface area (Å²) in [5.74, 6) is 0.647. The monoisotopic (exact) mass is 319 g/mol. The number of phenols is 1. The molecule has 0 aromatic heterocycles. The number of aromatic hydroxyl groups is 1. The smallest absolute Gasteiger partial charge is 0.257 e. The van der Waals surface area contributed by atoms with Crippen molar-refractivity contribution in [2.45, 2.75) is 52.5 Å². The Labute approximate surface area is 137 Å². The maximum atomic E-state index is 14.0. The molecule has 0 spiro atoms. The summed E-state index contributed by atoms with van der Waals surface area (Å²) in [6, 6.07) is 2.99. The number of nitrogens with zero attached hydrogens (tertiary/aromatic N) is 1. The van der Waals surface area contributed by atoms with Crippen molar-refractivity contribution in [2.24, 2.45) is 17.8 Å². The molecule has 1 amide bonds. The summed E-state index contributed by atoms with van der Waals surface area (Å²) < 4.78 is 14.0. The molecule has 0 radical (unpaired) electrons. The minimum Gasteiger partial charge on any atom is -0.505 e. The van der Waals surface area contributed by atoms with Gasteiger partial charge in [0.05, 0.1) is 5.56 Å². The number of phenolic OH excluding ortho intramolecular Hbond substituents is 1. The fourth-order valence-electron chi connectivity index (χ4n) is 4.14. The van der Waals surface area contributed by atoms with Crippen molar-refractivity contribution in [3.8, 4) is 5.75 Å². The molecule has 1 N–H and O–H groups in total. The van der Waals surface area contributed by atoms with E-state index in [4.69, 9.17) is 0 Å². The van der Waals surface area contributed by atoms with E-state index in [-0.39, 0.29) is 11.5 Å². The van der Waals surface area contributed by atoms with Crippen molar-refractivity contribution < 1.29 is 14.3 Å². The number of benzene rings is 1. The third kappa shape index (κ3) is 3.08. The molecule has 1 fully saturated rings. The normalized spacial score (nSPS) is 25.5. The molecule has 3 rings (SSSR count). The number of rotatable bonds is 4. The van der Waals surface area contributed by atoms with Crippen LogP contribution in [0.1, 0.15) is 61.9 Å². The second-order valence-electron chi connectivity index (χ2n) is 7.28. The largest absolute Gasteiger partial charge is 0.505 e. The van der Waals surface area contributed by atoms with Gasteiger partial charge in [-0.05, 0) is 55.1 Å². The van der Waals surface area contributed by atoms with Gasteiger partial charge in [-0.1, -0.05) is 26.3 Å². The van der Waals surface area contributed by atoms with E-state index >= 15 is 0 Å². The second-order valence-corrected chi connectivity index (χ2v) is 7.28.